The topological polar surface area (TPSA) is 9.72 Å². The minimum absolute atomic E-state index is 0.00327. The molecule has 9 aromatic carbocycles. The molecule has 0 N–H and O–H groups in total. The molecule has 3 nitrogen and oxygen atoms in total. The summed E-state index contributed by atoms with van der Waals surface area (Å²) in [6.07, 6.45) is 4.07. The van der Waals surface area contributed by atoms with Crippen molar-refractivity contribution in [3.63, 3.8) is 0 Å². The average Bonchev–Trinajstić information content (AvgIpc) is 3.54. The zero-order valence-corrected chi connectivity index (χ0v) is 51.7. The van der Waals surface area contributed by atoms with Crippen molar-refractivity contribution in [1.82, 2.24) is 0 Å². The summed E-state index contributed by atoms with van der Waals surface area (Å²) in [5.74, 6) is 0. The number of benzene rings is 9. The van der Waals surface area contributed by atoms with E-state index in [1.807, 2.05) is 0 Å². The Labute approximate surface area is 496 Å². The van der Waals surface area contributed by atoms with Gasteiger partial charge in [-0.1, -0.05) is 230 Å². The zero-order chi connectivity index (χ0) is 58.0. The molecule has 0 fully saturated rings. The van der Waals surface area contributed by atoms with Gasteiger partial charge in [0, 0.05) is 50.8 Å². The van der Waals surface area contributed by atoms with Gasteiger partial charge in [-0.2, -0.15) is 0 Å². The molecule has 0 saturated heterocycles. The molecule has 0 radical (unpaired) electrons. The fraction of sp³-hybridized carbons (Fsp3) is 0.316. The Morgan fingerprint density at radius 1 is 0.386 bits per heavy atom. The number of nitrogens with zero attached hydrogens (tertiary/aromatic N) is 3. The highest BCUT2D eigenvalue weighted by molar-refractivity contribution is 7.00. The average molecular weight is 1080 g/mol. The molecule has 0 amide bonds. The first-order valence-electron chi connectivity index (χ1n) is 30.8. The molecular formula is C79H82BN3. The van der Waals surface area contributed by atoms with Crippen LogP contribution in [0.2, 0.25) is 0 Å². The summed E-state index contributed by atoms with van der Waals surface area (Å²) < 4.78 is 0. The number of fused-ring (bicyclic) bond motifs is 9. The standard InChI is InChI=1S/C79H82BN3/c1-73(2,3)55-32-25-33-58(42-55)81-68-44-57(75(7,8)9)36-38-64(68)80-65-47-62-63(77(12,13)41-40-76(62,10)11)48-69(65)82(66-39-37-56(74(4,5)6)43-60(66)51-26-17-15-18-27-51)71-46-59(45-70(81)72(71)80)83-67-35-24-23-34-61(67)79(54-30-19-16-20-31-54)50-53-29-22-21-28-52(53)49-78(79,83)14/h15-39,42-48H,40-41,49-50H2,1-14H3. The first-order chi connectivity index (χ1) is 39.4. The minimum atomic E-state index is -0.425. The van der Waals surface area contributed by atoms with Gasteiger partial charge in [0.2, 0.25) is 0 Å². The first-order valence-corrected chi connectivity index (χ1v) is 30.8. The van der Waals surface area contributed by atoms with Gasteiger partial charge >= 0.3 is 0 Å². The molecule has 3 aliphatic heterocycles. The largest absolute Gasteiger partial charge is 0.334 e. The van der Waals surface area contributed by atoms with Crippen LogP contribution in [0.5, 0.6) is 0 Å². The SMILES string of the molecule is CC(C)(C)c1cccc(N2c3cc(C(C)(C)C)ccc3B3c4cc5c(cc4N(c4ccc(C(C)(C)C)cc4-c4ccccc4)c4cc(N6c7ccccc7C7(c8ccccc8)Cc8ccccc8CC67C)cc2c43)C(C)(C)CCC5(C)C)c1. The molecule has 2 aliphatic carbocycles. The zero-order valence-electron chi connectivity index (χ0n) is 51.7. The van der Waals surface area contributed by atoms with Crippen LogP contribution in [0.25, 0.3) is 11.1 Å². The van der Waals surface area contributed by atoms with Gasteiger partial charge in [-0.15, -0.1) is 0 Å². The van der Waals surface area contributed by atoms with Crippen molar-refractivity contribution >= 4 is 68.6 Å². The van der Waals surface area contributed by atoms with Crippen LogP contribution in [0.4, 0.5) is 45.5 Å². The monoisotopic (exact) mass is 1080 g/mol. The molecule has 9 aromatic rings. The van der Waals surface area contributed by atoms with E-state index in [-0.39, 0.29) is 39.2 Å². The lowest BCUT2D eigenvalue weighted by Crippen LogP contribution is -2.62. The highest BCUT2D eigenvalue weighted by Gasteiger charge is 2.62. The maximum absolute atomic E-state index is 2.83. The molecule has 4 heteroatoms. The summed E-state index contributed by atoms with van der Waals surface area (Å²) in [5, 5.41) is 0. The highest BCUT2D eigenvalue weighted by atomic mass is 15.3. The molecule has 416 valence electrons. The van der Waals surface area contributed by atoms with E-state index in [4.69, 9.17) is 0 Å². The summed E-state index contributed by atoms with van der Waals surface area (Å²) in [6.45, 7) is 33.8. The molecule has 0 bridgehead atoms. The van der Waals surface area contributed by atoms with Gasteiger partial charge in [-0.05, 0) is 186 Å². The van der Waals surface area contributed by atoms with Gasteiger partial charge in [-0.25, -0.2) is 0 Å². The smallest absolute Gasteiger partial charge is 0.252 e. The third-order valence-electron chi connectivity index (χ3n) is 20.7. The van der Waals surface area contributed by atoms with E-state index in [1.54, 1.807) is 0 Å². The molecular weight excluding hydrogens is 1000 g/mol. The maximum atomic E-state index is 2.83. The first kappa shape index (κ1) is 53.5. The van der Waals surface area contributed by atoms with E-state index in [0.29, 0.717) is 0 Å². The van der Waals surface area contributed by atoms with E-state index in [9.17, 15) is 0 Å². The summed E-state index contributed by atoms with van der Waals surface area (Å²) in [5.41, 5.74) is 28.0. The molecule has 5 aliphatic rings. The third-order valence-corrected chi connectivity index (χ3v) is 20.7. The van der Waals surface area contributed by atoms with Crippen molar-refractivity contribution in [1.29, 1.82) is 0 Å². The van der Waals surface area contributed by atoms with Crippen LogP contribution in [0.15, 0.2) is 194 Å². The van der Waals surface area contributed by atoms with E-state index in [0.717, 1.165) is 25.7 Å². The van der Waals surface area contributed by atoms with Crippen LogP contribution in [0.3, 0.4) is 0 Å². The summed E-state index contributed by atoms with van der Waals surface area (Å²) in [7, 11) is 0. The van der Waals surface area contributed by atoms with Crippen molar-refractivity contribution in [2.75, 3.05) is 14.7 Å². The third kappa shape index (κ3) is 8.04. The lowest BCUT2D eigenvalue weighted by atomic mass is 9.33. The fourth-order valence-electron chi connectivity index (χ4n) is 15.9. The van der Waals surface area contributed by atoms with Crippen molar-refractivity contribution in [3.05, 3.63) is 244 Å². The van der Waals surface area contributed by atoms with Gasteiger partial charge in [0.1, 0.15) is 0 Å². The Balaban J connectivity index is 1.16. The van der Waals surface area contributed by atoms with Crippen molar-refractivity contribution in [2.24, 2.45) is 0 Å². The second-order valence-corrected chi connectivity index (χ2v) is 29.9. The molecule has 83 heavy (non-hydrogen) atoms. The second kappa shape index (κ2) is 18.2. The van der Waals surface area contributed by atoms with E-state index >= 15 is 0 Å². The lowest BCUT2D eigenvalue weighted by molar-refractivity contribution is 0.281. The van der Waals surface area contributed by atoms with Crippen LogP contribution in [0, 0.1) is 0 Å². The Hall–Kier alpha value is -7.56. The normalized spacial score (nSPS) is 19.9. The van der Waals surface area contributed by atoms with Gasteiger partial charge in [0.25, 0.3) is 6.71 Å². The van der Waals surface area contributed by atoms with Crippen molar-refractivity contribution in [3.8, 4) is 11.1 Å². The quantitative estimate of drug-likeness (QED) is 0.159. The number of para-hydroxylation sites is 1. The second-order valence-electron chi connectivity index (χ2n) is 29.9. The van der Waals surface area contributed by atoms with Crippen LogP contribution in [-0.2, 0) is 45.3 Å². The Morgan fingerprint density at radius 2 is 0.940 bits per heavy atom. The van der Waals surface area contributed by atoms with Gasteiger partial charge in [-0.3, -0.25) is 0 Å². The Bertz CT molecular complexity index is 4090. The maximum Gasteiger partial charge on any atom is 0.252 e. The summed E-state index contributed by atoms with van der Waals surface area (Å²) in [6, 6.07) is 76.7. The van der Waals surface area contributed by atoms with E-state index in [2.05, 4.69) is 306 Å². The predicted octanol–water partition coefficient (Wildman–Crippen LogP) is 18.7. The Morgan fingerprint density at radius 3 is 1.61 bits per heavy atom. The molecule has 14 rings (SSSR count). The van der Waals surface area contributed by atoms with Crippen molar-refractivity contribution in [2.45, 2.75) is 161 Å². The van der Waals surface area contributed by atoms with Crippen LogP contribution in [0.1, 0.15) is 160 Å². The fourth-order valence-corrected chi connectivity index (χ4v) is 15.9. The summed E-state index contributed by atoms with van der Waals surface area (Å²) >= 11 is 0. The number of anilines is 8. The molecule has 0 saturated carbocycles. The number of hydrogen-bond donors (Lipinski definition) is 0. The summed E-state index contributed by atoms with van der Waals surface area (Å²) in [4.78, 5) is 8.28. The van der Waals surface area contributed by atoms with Crippen LogP contribution in [-0.4, -0.2) is 12.3 Å². The molecule has 0 aromatic heterocycles. The number of hydrogen-bond acceptors (Lipinski definition) is 3. The number of rotatable bonds is 5. The lowest BCUT2D eigenvalue weighted by Gasteiger charge is -2.53. The Kier molecular flexibility index (Phi) is 11.7. The van der Waals surface area contributed by atoms with Crippen LogP contribution < -0.4 is 31.1 Å². The van der Waals surface area contributed by atoms with Gasteiger partial charge in [0.05, 0.1) is 11.2 Å². The minimum Gasteiger partial charge on any atom is -0.334 e. The predicted molar refractivity (Wildman–Crippen MR) is 355 cm³/mol. The highest BCUT2D eigenvalue weighted by Crippen LogP contribution is 2.64. The molecule has 0 spiro atoms. The molecule has 3 heterocycles. The van der Waals surface area contributed by atoms with Gasteiger partial charge in [0.15, 0.2) is 0 Å². The van der Waals surface area contributed by atoms with Gasteiger partial charge < -0.3 is 14.7 Å². The van der Waals surface area contributed by atoms with Crippen LogP contribution >= 0.6 is 0 Å². The van der Waals surface area contributed by atoms with E-state index in [1.165, 1.54) is 123 Å². The van der Waals surface area contributed by atoms with E-state index < -0.39 is 5.54 Å². The molecule has 2 unspecified atom stereocenters. The van der Waals surface area contributed by atoms with Crippen molar-refractivity contribution < 1.29 is 0 Å². The molecule has 2 atom stereocenters.